The molecule has 130 valence electrons. The summed E-state index contributed by atoms with van der Waals surface area (Å²) in [4.78, 5) is 16.8. The Balaban J connectivity index is 1.66. The van der Waals surface area contributed by atoms with Crippen molar-refractivity contribution in [2.24, 2.45) is 0 Å². The van der Waals surface area contributed by atoms with Crippen LogP contribution in [0.15, 0.2) is 70.1 Å². The molecule has 0 bridgehead atoms. The number of aryl methyl sites for hydroxylation is 1. The Morgan fingerprint density at radius 1 is 1.15 bits per heavy atom. The molecule has 4 rings (SSSR count). The Labute approximate surface area is 149 Å². The van der Waals surface area contributed by atoms with Crippen LogP contribution in [0, 0.1) is 6.92 Å². The zero-order valence-electron chi connectivity index (χ0n) is 14.0. The monoisotopic (exact) mass is 348 g/mol. The molecule has 0 saturated heterocycles. The Kier molecular flexibility index (Phi) is 4.10. The summed E-state index contributed by atoms with van der Waals surface area (Å²) in [5.41, 5.74) is 2.68. The molecule has 3 heterocycles. The van der Waals surface area contributed by atoms with E-state index in [9.17, 15) is 4.79 Å². The molecule has 3 aromatic heterocycles. The number of hydrogen-bond donors (Lipinski definition) is 1. The van der Waals surface area contributed by atoms with E-state index in [1.54, 1.807) is 41.7 Å². The average Bonchev–Trinajstić information content (AvgIpc) is 3.41. The van der Waals surface area contributed by atoms with Gasteiger partial charge in [0, 0.05) is 0 Å². The zero-order chi connectivity index (χ0) is 17.9. The van der Waals surface area contributed by atoms with E-state index >= 15 is 0 Å². The highest BCUT2D eigenvalue weighted by atomic mass is 16.3. The summed E-state index contributed by atoms with van der Waals surface area (Å²) in [6, 6.07) is 13.1. The molecule has 0 aliphatic carbocycles. The topological polar surface area (TPSA) is 86.1 Å². The SMILES string of the molecule is Cc1ccc(-n2nc(C(=O)NCc3ccco3)nc2-c2ccoc2)cc1. The lowest BCUT2D eigenvalue weighted by Gasteiger charge is -2.04. The maximum Gasteiger partial charge on any atom is 0.291 e. The Bertz CT molecular complexity index is 1000. The molecule has 1 aromatic carbocycles. The third kappa shape index (κ3) is 3.14. The Morgan fingerprint density at radius 3 is 2.69 bits per heavy atom. The largest absolute Gasteiger partial charge is 0.472 e. The minimum Gasteiger partial charge on any atom is -0.472 e. The van der Waals surface area contributed by atoms with Crippen LogP contribution >= 0.6 is 0 Å². The maximum absolute atomic E-state index is 12.4. The summed E-state index contributed by atoms with van der Waals surface area (Å²) in [6.07, 6.45) is 4.68. The fourth-order valence-corrected chi connectivity index (χ4v) is 2.51. The minimum absolute atomic E-state index is 0.0772. The van der Waals surface area contributed by atoms with Crippen LogP contribution in [0.3, 0.4) is 0 Å². The highest BCUT2D eigenvalue weighted by Crippen LogP contribution is 2.22. The average molecular weight is 348 g/mol. The predicted molar refractivity (Wildman–Crippen MR) is 93.7 cm³/mol. The summed E-state index contributed by atoms with van der Waals surface area (Å²) in [7, 11) is 0. The highest BCUT2D eigenvalue weighted by molar-refractivity contribution is 5.90. The molecule has 1 N–H and O–H groups in total. The van der Waals surface area contributed by atoms with E-state index in [0.717, 1.165) is 16.8 Å². The molecule has 7 nitrogen and oxygen atoms in total. The van der Waals surface area contributed by atoms with Crippen molar-refractivity contribution in [3.63, 3.8) is 0 Å². The van der Waals surface area contributed by atoms with E-state index < -0.39 is 0 Å². The molecule has 0 aliphatic rings. The van der Waals surface area contributed by atoms with Gasteiger partial charge < -0.3 is 14.2 Å². The molecule has 0 fully saturated rings. The smallest absolute Gasteiger partial charge is 0.291 e. The lowest BCUT2D eigenvalue weighted by atomic mass is 10.2. The van der Waals surface area contributed by atoms with Crippen molar-refractivity contribution in [2.45, 2.75) is 13.5 Å². The van der Waals surface area contributed by atoms with Gasteiger partial charge in [-0.25, -0.2) is 9.67 Å². The number of furan rings is 2. The summed E-state index contributed by atoms with van der Waals surface area (Å²) in [5.74, 6) is 0.891. The van der Waals surface area contributed by atoms with Crippen LogP contribution < -0.4 is 5.32 Å². The number of rotatable bonds is 5. The van der Waals surface area contributed by atoms with Crippen LogP contribution in [-0.4, -0.2) is 20.7 Å². The summed E-state index contributed by atoms with van der Waals surface area (Å²) in [5, 5.41) is 7.14. The van der Waals surface area contributed by atoms with E-state index in [1.807, 2.05) is 31.2 Å². The number of nitrogens with zero attached hydrogens (tertiary/aromatic N) is 3. The van der Waals surface area contributed by atoms with Crippen molar-refractivity contribution in [2.75, 3.05) is 0 Å². The van der Waals surface area contributed by atoms with Gasteiger partial charge in [0.05, 0.1) is 30.3 Å². The minimum atomic E-state index is -0.378. The first kappa shape index (κ1) is 15.9. The van der Waals surface area contributed by atoms with Crippen molar-refractivity contribution < 1.29 is 13.6 Å². The molecule has 1 amide bonds. The van der Waals surface area contributed by atoms with Gasteiger partial charge in [0.2, 0.25) is 5.82 Å². The Hall–Kier alpha value is -3.61. The molecule has 7 heteroatoms. The second-order valence-electron chi connectivity index (χ2n) is 5.78. The number of hydrogen-bond acceptors (Lipinski definition) is 5. The number of aromatic nitrogens is 3. The first-order valence-electron chi connectivity index (χ1n) is 8.08. The number of carbonyl (C=O) groups is 1. The molecule has 0 unspecified atom stereocenters. The van der Waals surface area contributed by atoms with E-state index in [4.69, 9.17) is 8.83 Å². The quantitative estimate of drug-likeness (QED) is 0.598. The third-order valence-corrected chi connectivity index (χ3v) is 3.87. The van der Waals surface area contributed by atoms with Gasteiger partial charge in [-0.2, -0.15) is 0 Å². The summed E-state index contributed by atoms with van der Waals surface area (Å²) < 4.78 is 12.0. The number of amides is 1. The Morgan fingerprint density at radius 2 is 2.00 bits per heavy atom. The normalized spacial score (nSPS) is 10.8. The van der Waals surface area contributed by atoms with Crippen LogP contribution in [0.1, 0.15) is 21.9 Å². The van der Waals surface area contributed by atoms with Crippen molar-refractivity contribution in [3.8, 4) is 17.1 Å². The van der Waals surface area contributed by atoms with E-state index in [2.05, 4.69) is 15.4 Å². The molecule has 26 heavy (non-hydrogen) atoms. The number of nitrogens with one attached hydrogen (secondary N) is 1. The van der Waals surface area contributed by atoms with E-state index in [-0.39, 0.29) is 18.3 Å². The standard InChI is InChI=1S/C19H16N4O3/c1-13-4-6-15(7-5-13)23-18(14-8-10-25-12-14)21-17(22-23)19(24)20-11-16-3-2-9-26-16/h2-10,12H,11H2,1H3,(H,20,24). The lowest BCUT2D eigenvalue weighted by molar-refractivity contribution is 0.0937. The molecule has 0 aliphatic heterocycles. The van der Waals surface area contributed by atoms with Crippen molar-refractivity contribution >= 4 is 5.91 Å². The fourth-order valence-electron chi connectivity index (χ4n) is 2.51. The molecule has 0 saturated carbocycles. The second kappa shape index (κ2) is 6.72. The molecule has 0 atom stereocenters. The predicted octanol–water partition coefficient (Wildman–Crippen LogP) is 3.36. The van der Waals surface area contributed by atoms with Crippen LogP contribution in [0.2, 0.25) is 0 Å². The van der Waals surface area contributed by atoms with Crippen LogP contribution in [0.5, 0.6) is 0 Å². The molecule has 4 aromatic rings. The van der Waals surface area contributed by atoms with Gasteiger partial charge in [-0.3, -0.25) is 4.79 Å². The van der Waals surface area contributed by atoms with Crippen molar-refractivity contribution in [1.29, 1.82) is 0 Å². The molecular weight excluding hydrogens is 332 g/mol. The second-order valence-corrected chi connectivity index (χ2v) is 5.78. The van der Waals surface area contributed by atoms with Gasteiger partial charge in [-0.05, 0) is 37.3 Å². The molecule has 0 spiro atoms. The summed E-state index contributed by atoms with van der Waals surface area (Å²) in [6.45, 7) is 2.28. The zero-order valence-corrected chi connectivity index (χ0v) is 14.0. The maximum atomic E-state index is 12.4. The fraction of sp³-hybridized carbons (Fsp3) is 0.105. The van der Waals surface area contributed by atoms with Crippen LogP contribution in [-0.2, 0) is 6.54 Å². The number of benzene rings is 1. The lowest BCUT2D eigenvalue weighted by Crippen LogP contribution is -2.24. The van der Waals surface area contributed by atoms with E-state index in [0.29, 0.717) is 11.6 Å². The van der Waals surface area contributed by atoms with Gasteiger partial charge in [0.25, 0.3) is 5.91 Å². The van der Waals surface area contributed by atoms with E-state index in [1.165, 1.54) is 0 Å². The van der Waals surface area contributed by atoms with Crippen LogP contribution in [0.25, 0.3) is 17.1 Å². The molecule has 0 radical (unpaired) electrons. The van der Waals surface area contributed by atoms with Gasteiger partial charge in [0.15, 0.2) is 5.82 Å². The molecular formula is C19H16N4O3. The third-order valence-electron chi connectivity index (χ3n) is 3.87. The van der Waals surface area contributed by atoms with Gasteiger partial charge in [-0.15, -0.1) is 5.10 Å². The first-order chi connectivity index (χ1) is 12.7. The van der Waals surface area contributed by atoms with Crippen molar-refractivity contribution in [3.05, 3.63) is 78.4 Å². The first-order valence-corrected chi connectivity index (χ1v) is 8.08. The van der Waals surface area contributed by atoms with Crippen LogP contribution in [0.4, 0.5) is 0 Å². The van der Waals surface area contributed by atoms with Gasteiger partial charge in [-0.1, -0.05) is 17.7 Å². The highest BCUT2D eigenvalue weighted by Gasteiger charge is 2.19. The van der Waals surface area contributed by atoms with Gasteiger partial charge >= 0.3 is 0 Å². The number of carbonyl (C=O) groups excluding carboxylic acids is 1. The van der Waals surface area contributed by atoms with Crippen molar-refractivity contribution in [1.82, 2.24) is 20.1 Å². The summed E-state index contributed by atoms with van der Waals surface area (Å²) >= 11 is 0. The van der Waals surface area contributed by atoms with Gasteiger partial charge in [0.1, 0.15) is 12.0 Å².